The molecule has 0 radical (unpaired) electrons. The number of carbonyl (C=O) groups is 1. The van der Waals surface area contributed by atoms with Gasteiger partial charge in [-0.25, -0.2) is 0 Å². The van der Waals surface area contributed by atoms with Crippen molar-refractivity contribution in [2.45, 2.75) is 49.8 Å². The molecule has 5 aromatic rings. The van der Waals surface area contributed by atoms with Gasteiger partial charge < -0.3 is 28.8 Å². The fourth-order valence-corrected chi connectivity index (χ4v) is 7.98. The van der Waals surface area contributed by atoms with Crippen LogP contribution in [-0.2, 0) is 16.0 Å². The summed E-state index contributed by atoms with van der Waals surface area (Å²) in [6, 6.07) is 17.1. The lowest BCUT2D eigenvalue weighted by Gasteiger charge is -2.46. The van der Waals surface area contributed by atoms with Crippen LogP contribution in [0.5, 0.6) is 0 Å². The van der Waals surface area contributed by atoms with Gasteiger partial charge in [0.05, 0.1) is 43.3 Å². The molecule has 7 nitrogen and oxygen atoms in total. The van der Waals surface area contributed by atoms with Crippen molar-refractivity contribution >= 4 is 49.5 Å². The number of hydrogen-bond acceptors (Lipinski definition) is 3. The third-order valence-electron chi connectivity index (χ3n) is 9.68. The molecular weight excluding hydrogens is 476 g/mol. The van der Waals surface area contributed by atoms with E-state index in [2.05, 4.69) is 91.5 Å². The second-order valence-corrected chi connectivity index (χ2v) is 12.5. The first-order valence-corrected chi connectivity index (χ1v) is 13.5. The van der Waals surface area contributed by atoms with Gasteiger partial charge in [-0.3, -0.25) is 4.79 Å². The number of carbonyl (C=O) groups excluding carboxylic acids is 1. The molecule has 1 aliphatic carbocycles. The molecule has 7 heteroatoms. The summed E-state index contributed by atoms with van der Waals surface area (Å²) in [6.45, 7) is 2.74. The Morgan fingerprint density at radius 1 is 1.05 bits per heavy atom. The number of nitrogens with zero attached hydrogens (tertiary/aromatic N) is 2. The van der Waals surface area contributed by atoms with Gasteiger partial charge >= 0.3 is 0 Å². The third-order valence-corrected chi connectivity index (χ3v) is 9.68. The van der Waals surface area contributed by atoms with Gasteiger partial charge in [-0.2, -0.15) is 0 Å². The van der Waals surface area contributed by atoms with Crippen LogP contribution in [-0.4, -0.2) is 65.4 Å². The third kappa shape index (κ3) is 2.57. The summed E-state index contributed by atoms with van der Waals surface area (Å²) in [5.74, 6) is 0.00133. The SMILES string of the molecule is CO[C@@]12C[C@@]1(C)O[C@@H](n1c3ccccc3c3c4c(c5c6ccccc6[nH]c5c31)CNC4=O)C[C@H]2[N+](C)(C)C. The number of methoxy groups -OCH3 is 1. The number of fused-ring (bicyclic) bond motifs is 11. The van der Waals surface area contributed by atoms with Crippen LogP contribution in [0, 0.1) is 0 Å². The minimum absolute atomic E-state index is 0.00133. The lowest BCUT2D eigenvalue weighted by Crippen LogP contribution is -2.60. The van der Waals surface area contributed by atoms with E-state index in [1.807, 2.05) is 7.11 Å². The van der Waals surface area contributed by atoms with Gasteiger partial charge in [0.25, 0.3) is 5.91 Å². The molecule has 2 aromatic heterocycles. The van der Waals surface area contributed by atoms with Gasteiger partial charge in [-0.15, -0.1) is 0 Å². The maximum atomic E-state index is 13.4. The molecule has 0 bridgehead atoms. The van der Waals surface area contributed by atoms with Crippen LogP contribution in [0.15, 0.2) is 48.5 Å². The minimum Gasteiger partial charge on any atom is -0.369 e. The van der Waals surface area contributed by atoms with E-state index in [1.165, 1.54) is 0 Å². The second kappa shape index (κ2) is 6.97. The zero-order chi connectivity index (χ0) is 26.2. The molecule has 2 fully saturated rings. The number of nitrogens with one attached hydrogen (secondary N) is 2. The number of benzene rings is 3. The Morgan fingerprint density at radius 3 is 2.55 bits per heavy atom. The molecule has 3 aromatic carbocycles. The highest BCUT2D eigenvalue weighted by Gasteiger charge is 2.77. The van der Waals surface area contributed by atoms with Crippen molar-refractivity contribution in [3.05, 3.63) is 59.7 Å². The van der Waals surface area contributed by atoms with Crippen molar-refractivity contribution in [1.29, 1.82) is 0 Å². The number of rotatable bonds is 3. The van der Waals surface area contributed by atoms with Gasteiger partial charge in [0.2, 0.25) is 0 Å². The second-order valence-electron chi connectivity index (χ2n) is 12.5. The molecule has 4 heterocycles. The summed E-state index contributed by atoms with van der Waals surface area (Å²) < 4.78 is 16.4. The lowest BCUT2D eigenvalue weighted by atomic mass is 9.94. The smallest absolute Gasteiger partial charge is 0.252 e. The summed E-state index contributed by atoms with van der Waals surface area (Å²) in [5.41, 5.74) is 5.51. The van der Waals surface area contributed by atoms with Crippen molar-refractivity contribution in [3.63, 3.8) is 0 Å². The monoisotopic (exact) mass is 509 g/mol. The van der Waals surface area contributed by atoms with Crippen LogP contribution < -0.4 is 5.32 Å². The molecule has 1 saturated heterocycles. The van der Waals surface area contributed by atoms with Gasteiger partial charge in [-0.1, -0.05) is 36.4 Å². The summed E-state index contributed by atoms with van der Waals surface area (Å²) >= 11 is 0. The number of aromatic amines is 1. The van der Waals surface area contributed by atoms with Crippen molar-refractivity contribution in [1.82, 2.24) is 14.9 Å². The number of para-hydroxylation sites is 2. The van der Waals surface area contributed by atoms with Crippen LogP contribution in [0.2, 0.25) is 0 Å². The zero-order valence-corrected chi connectivity index (χ0v) is 22.5. The number of quaternary nitrogens is 1. The maximum absolute atomic E-state index is 13.4. The quantitative estimate of drug-likeness (QED) is 0.328. The molecule has 38 heavy (non-hydrogen) atoms. The van der Waals surface area contributed by atoms with Crippen LogP contribution >= 0.6 is 0 Å². The highest BCUT2D eigenvalue weighted by Crippen LogP contribution is 2.63. The van der Waals surface area contributed by atoms with Crippen LogP contribution in [0.4, 0.5) is 0 Å². The molecule has 0 unspecified atom stereocenters. The van der Waals surface area contributed by atoms with Crippen LogP contribution in [0.3, 0.4) is 0 Å². The fourth-order valence-electron chi connectivity index (χ4n) is 7.98. The average molecular weight is 510 g/mol. The Kier molecular flexibility index (Phi) is 4.14. The molecule has 2 N–H and O–H groups in total. The topological polar surface area (TPSA) is 68.3 Å². The molecule has 194 valence electrons. The minimum atomic E-state index is -0.369. The first-order valence-electron chi connectivity index (χ1n) is 13.5. The first kappa shape index (κ1) is 22.6. The fraction of sp³-hybridized carbons (Fsp3) is 0.387. The normalized spacial score (nSPS) is 28.8. The van der Waals surface area contributed by atoms with E-state index in [9.17, 15) is 4.79 Å². The van der Waals surface area contributed by atoms with Crippen molar-refractivity contribution in [2.75, 3.05) is 28.3 Å². The Hall–Kier alpha value is -3.39. The van der Waals surface area contributed by atoms with E-state index in [1.54, 1.807) is 0 Å². The number of H-pyrrole nitrogens is 1. The highest BCUT2D eigenvalue weighted by atomic mass is 16.6. The summed E-state index contributed by atoms with van der Waals surface area (Å²) in [7, 11) is 8.59. The summed E-state index contributed by atoms with van der Waals surface area (Å²) in [5, 5.41) is 7.51. The van der Waals surface area contributed by atoms with Crippen LogP contribution in [0.25, 0.3) is 43.6 Å². The molecule has 4 atom stereocenters. The van der Waals surface area contributed by atoms with Gasteiger partial charge in [0.15, 0.2) is 5.60 Å². The lowest BCUT2D eigenvalue weighted by molar-refractivity contribution is -0.904. The molecule has 1 saturated carbocycles. The molecule has 1 amide bonds. The van der Waals surface area contributed by atoms with E-state index >= 15 is 0 Å². The standard InChI is InChI=1S/C31H32N4O3/c1-30-16-31(30,37-5)22(35(2,3)4)14-23(38-30)34-21-13-9-7-11-18(21)25-26-19(15-32-29(26)36)24-17-10-6-8-12-20(17)33-27(24)28(25)34/h6-13,22-23H,14-16H2,1-5H3,(H-,32,33,36)/p+1/t22-,23-,30-,31-/m1/s1. The number of aromatic nitrogens is 2. The van der Waals surface area contributed by atoms with E-state index in [0.717, 1.165) is 72.1 Å². The summed E-state index contributed by atoms with van der Waals surface area (Å²) in [6.07, 6.45) is 1.49. The van der Waals surface area contributed by atoms with Crippen LogP contribution in [0.1, 0.15) is 41.9 Å². The Labute approximate surface area is 220 Å². The van der Waals surface area contributed by atoms with Crippen molar-refractivity contribution < 1.29 is 18.8 Å². The summed E-state index contributed by atoms with van der Waals surface area (Å²) in [4.78, 5) is 17.2. The van der Waals surface area contributed by atoms with Crippen molar-refractivity contribution in [3.8, 4) is 0 Å². The van der Waals surface area contributed by atoms with Gasteiger partial charge in [0, 0.05) is 53.6 Å². The average Bonchev–Trinajstić information content (AvgIpc) is 3.18. The van der Waals surface area contributed by atoms with Crippen molar-refractivity contribution in [2.24, 2.45) is 0 Å². The Morgan fingerprint density at radius 2 is 1.79 bits per heavy atom. The molecule has 3 aliphatic rings. The molecule has 2 aliphatic heterocycles. The maximum Gasteiger partial charge on any atom is 0.252 e. The zero-order valence-electron chi connectivity index (χ0n) is 22.5. The molecule has 8 rings (SSSR count). The van der Waals surface area contributed by atoms with E-state index in [4.69, 9.17) is 9.47 Å². The molecular formula is C31H33N4O3+. The number of amides is 1. The predicted octanol–water partition coefficient (Wildman–Crippen LogP) is 5.21. The Bertz CT molecular complexity index is 1840. The highest BCUT2D eigenvalue weighted by molar-refractivity contribution is 6.30. The Balaban J connectivity index is 1.51. The number of ether oxygens (including phenoxy) is 2. The number of likely N-dealkylation sites (N-methyl/N-ethyl adjacent to an activating group) is 1. The van der Waals surface area contributed by atoms with Gasteiger partial charge in [-0.05, 0) is 24.6 Å². The molecule has 0 spiro atoms. The predicted molar refractivity (Wildman–Crippen MR) is 149 cm³/mol. The van der Waals surface area contributed by atoms with E-state index < -0.39 is 0 Å². The van der Waals surface area contributed by atoms with E-state index in [0.29, 0.717) is 6.54 Å². The van der Waals surface area contributed by atoms with E-state index in [-0.39, 0.29) is 29.4 Å². The van der Waals surface area contributed by atoms with Gasteiger partial charge in [0.1, 0.15) is 17.9 Å². The first-order chi connectivity index (χ1) is 18.2. The largest absolute Gasteiger partial charge is 0.369 e. The number of hydrogen-bond donors (Lipinski definition) is 2.